The number of hydrogen-bond acceptors (Lipinski definition) is 8. The molecule has 0 bridgehead atoms. The van der Waals surface area contributed by atoms with E-state index in [-0.39, 0.29) is 24.0 Å². The molecule has 0 fully saturated rings. The Hall–Kier alpha value is -4.10. The van der Waals surface area contributed by atoms with Gasteiger partial charge in [-0.2, -0.15) is 0 Å². The Labute approximate surface area is 339 Å². The fraction of sp³-hybridized carbons (Fsp3) is 0.311. The predicted octanol–water partition coefficient (Wildman–Crippen LogP) is 8.76. The van der Waals surface area contributed by atoms with Crippen LogP contribution in [0.4, 0.5) is 5.69 Å². The molecule has 56 heavy (non-hydrogen) atoms. The van der Waals surface area contributed by atoms with E-state index in [2.05, 4.69) is 52.3 Å². The van der Waals surface area contributed by atoms with E-state index in [1.807, 2.05) is 84.9 Å². The predicted molar refractivity (Wildman–Crippen MR) is 233 cm³/mol. The monoisotopic (exact) mass is 810 g/mol. The first-order valence-electron chi connectivity index (χ1n) is 19.3. The number of fused-ring (bicyclic) bond motifs is 2. The molecule has 0 amide bonds. The van der Waals surface area contributed by atoms with Crippen molar-refractivity contribution in [3.8, 4) is 22.5 Å². The third-order valence-corrected chi connectivity index (χ3v) is 13.5. The summed E-state index contributed by atoms with van der Waals surface area (Å²) >= 11 is 3.37. The zero-order valence-corrected chi connectivity index (χ0v) is 34.6. The SMILES string of the molecule is CCCCC(CC)CNS(=O)(=O)c1ccccc1-c1c2cc/c(=[N+](\CCO)CSc3ccccc3)cc-2oc2cc(N(CCO)CSc3ccccc3)ccc12. The largest absolute Gasteiger partial charge is 0.456 e. The molecule has 4 aromatic carbocycles. The van der Waals surface area contributed by atoms with Gasteiger partial charge in [-0.3, -0.25) is 0 Å². The van der Waals surface area contributed by atoms with Crippen LogP contribution in [0, 0.1) is 5.92 Å². The van der Waals surface area contributed by atoms with Gasteiger partial charge in [-0.05, 0) is 60.9 Å². The van der Waals surface area contributed by atoms with Crippen LogP contribution in [0.3, 0.4) is 0 Å². The fourth-order valence-electron chi connectivity index (χ4n) is 6.82. The first-order valence-corrected chi connectivity index (χ1v) is 22.8. The minimum Gasteiger partial charge on any atom is -0.456 e. The lowest BCUT2D eigenvalue weighted by Gasteiger charge is -2.25. The van der Waals surface area contributed by atoms with E-state index in [0.29, 0.717) is 48.3 Å². The van der Waals surface area contributed by atoms with Crippen molar-refractivity contribution in [2.24, 2.45) is 5.92 Å². The summed E-state index contributed by atoms with van der Waals surface area (Å²) in [6.07, 6.45) is 4.01. The summed E-state index contributed by atoms with van der Waals surface area (Å²) in [5, 5.41) is 21.8. The number of sulfonamides is 1. The van der Waals surface area contributed by atoms with Crippen LogP contribution in [0.1, 0.15) is 39.5 Å². The summed E-state index contributed by atoms with van der Waals surface area (Å²) in [6.45, 7) is 5.46. The van der Waals surface area contributed by atoms with E-state index >= 15 is 0 Å². The molecule has 3 N–H and O–H groups in total. The molecule has 4 aromatic rings. The lowest BCUT2D eigenvalue weighted by atomic mass is 9.93. The highest BCUT2D eigenvalue weighted by Gasteiger charge is 2.26. The van der Waals surface area contributed by atoms with Gasteiger partial charge in [0.15, 0.2) is 12.4 Å². The topological polar surface area (TPSA) is 106 Å². The first kappa shape index (κ1) is 41.5. The minimum atomic E-state index is -3.89. The number of aliphatic hydroxyl groups is 2. The molecule has 1 aliphatic heterocycles. The highest BCUT2D eigenvalue weighted by atomic mass is 32.2. The number of benzene rings is 5. The number of aliphatic hydroxyl groups excluding tert-OH is 2. The highest BCUT2D eigenvalue weighted by molar-refractivity contribution is 7.99. The number of anilines is 1. The Morgan fingerprint density at radius 1 is 0.804 bits per heavy atom. The summed E-state index contributed by atoms with van der Waals surface area (Å²) in [5.74, 6) is 2.07. The zero-order valence-electron chi connectivity index (χ0n) is 32.1. The third-order valence-electron chi connectivity index (χ3n) is 9.97. The molecule has 1 unspecified atom stereocenters. The molecule has 294 valence electrons. The van der Waals surface area contributed by atoms with Crippen LogP contribution in [0.25, 0.3) is 33.4 Å². The number of hydrogen-bond donors (Lipinski definition) is 3. The van der Waals surface area contributed by atoms with Gasteiger partial charge in [0.2, 0.25) is 15.4 Å². The Morgan fingerprint density at radius 3 is 2.21 bits per heavy atom. The molecule has 2 aliphatic rings. The van der Waals surface area contributed by atoms with Gasteiger partial charge < -0.3 is 19.5 Å². The summed E-state index contributed by atoms with van der Waals surface area (Å²) in [4.78, 5) is 4.58. The number of unbranched alkanes of at least 4 members (excludes halogenated alkanes) is 1. The summed E-state index contributed by atoms with van der Waals surface area (Å²) in [6, 6.07) is 39.5. The fourth-order valence-corrected chi connectivity index (χ4v) is 10.0. The second-order valence-electron chi connectivity index (χ2n) is 13.7. The van der Waals surface area contributed by atoms with Gasteiger partial charge in [0.1, 0.15) is 18.0 Å². The lowest BCUT2D eigenvalue weighted by molar-refractivity contribution is 0.286. The molecule has 1 aliphatic carbocycles. The van der Waals surface area contributed by atoms with E-state index in [0.717, 1.165) is 63.0 Å². The van der Waals surface area contributed by atoms with E-state index in [9.17, 15) is 18.6 Å². The van der Waals surface area contributed by atoms with Crippen molar-refractivity contribution in [1.82, 2.24) is 9.30 Å². The van der Waals surface area contributed by atoms with E-state index < -0.39 is 10.0 Å². The summed E-state index contributed by atoms with van der Waals surface area (Å²) in [5.41, 5.74) is 3.59. The molecule has 0 spiro atoms. The van der Waals surface area contributed by atoms with E-state index in [4.69, 9.17) is 4.42 Å². The van der Waals surface area contributed by atoms with Crippen molar-refractivity contribution in [2.75, 3.05) is 49.5 Å². The van der Waals surface area contributed by atoms with Gasteiger partial charge in [-0.25, -0.2) is 17.7 Å². The standard InChI is InChI=1S/C45H52N3O5S3/c1-3-5-14-34(4-2)31-46-56(51,52)44-20-13-12-19-41(44)45-39-23-21-35(47(25-27-49)32-54-37-15-8-6-9-16-37)29-42(39)53-43-30-36(22-24-40(43)45)48(26-28-50)33-55-38-17-10-7-11-18-38/h6-13,15-24,29-30,34,46,49-50H,3-5,14,25-28,31-33H2,1-2H3/q+1. The van der Waals surface area contributed by atoms with Crippen LogP contribution < -0.4 is 19.6 Å². The van der Waals surface area contributed by atoms with Crippen LogP contribution in [0.15, 0.2) is 140 Å². The van der Waals surface area contributed by atoms with Crippen molar-refractivity contribution in [3.05, 3.63) is 127 Å². The van der Waals surface area contributed by atoms with Crippen LogP contribution >= 0.6 is 23.5 Å². The molecule has 11 heteroatoms. The van der Waals surface area contributed by atoms with Crippen molar-refractivity contribution >= 4 is 50.2 Å². The summed E-state index contributed by atoms with van der Waals surface area (Å²) in [7, 11) is -3.89. The van der Waals surface area contributed by atoms with Crippen LogP contribution in [-0.4, -0.2) is 63.2 Å². The smallest absolute Gasteiger partial charge is 0.241 e. The van der Waals surface area contributed by atoms with Gasteiger partial charge in [-0.1, -0.05) is 99.5 Å². The van der Waals surface area contributed by atoms with E-state index in [1.165, 1.54) is 0 Å². The van der Waals surface area contributed by atoms with Crippen molar-refractivity contribution in [1.29, 1.82) is 0 Å². The van der Waals surface area contributed by atoms with Crippen molar-refractivity contribution in [3.63, 3.8) is 0 Å². The van der Waals surface area contributed by atoms with E-state index in [1.54, 1.807) is 35.7 Å². The van der Waals surface area contributed by atoms with Crippen molar-refractivity contribution < 1.29 is 23.0 Å². The van der Waals surface area contributed by atoms with Gasteiger partial charge >= 0.3 is 0 Å². The minimum absolute atomic E-state index is 0.0197. The molecule has 0 aromatic heterocycles. The maximum Gasteiger partial charge on any atom is 0.241 e. The number of thioether (sulfide) groups is 2. The molecular weight excluding hydrogens is 759 g/mol. The quantitative estimate of drug-likeness (QED) is 0.0305. The van der Waals surface area contributed by atoms with Crippen LogP contribution in [0.5, 0.6) is 0 Å². The van der Waals surface area contributed by atoms with Crippen LogP contribution in [-0.2, 0) is 10.0 Å². The second-order valence-corrected chi connectivity index (χ2v) is 17.5. The Kier molecular flexibility index (Phi) is 15.1. The number of rotatable bonds is 20. The normalized spacial score (nSPS) is 12.9. The third kappa shape index (κ3) is 10.4. The lowest BCUT2D eigenvalue weighted by Crippen LogP contribution is -2.32. The van der Waals surface area contributed by atoms with Crippen molar-refractivity contribution in [2.45, 2.75) is 54.2 Å². The molecule has 0 saturated carbocycles. The average Bonchev–Trinajstić information content (AvgIpc) is 3.23. The van der Waals surface area contributed by atoms with Gasteiger partial charge in [-0.15, -0.1) is 11.8 Å². The average molecular weight is 811 g/mol. The molecule has 0 saturated heterocycles. The van der Waals surface area contributed by atoms with Gasteiger partial charge in [0, 0.05) is 62.8 Å². The highest BCUT2D eigenvalue weighted by Crippen LogP contribution is 2.43. The first-order chi connectivity index (χ1) is 27.3. The molecular formula is C45H52N3O5S3+. The maximum atomic E-state index is 14.2. The zero-order chi connectivity index (χ0) is 39.3. The Balaban J connectivity index is 1.50. The summed E-state index contributed by atoms with van der Waals surface area (Å²) < 4.78 is 40.2. The van der Waals surface area contributed by atoms with Crippen LogP contribution in [0.2, 0.25) is 0 Å². The molecule has 0 radical (unpaired) electrons. The molecule has 1 heterocycles. The van der Waals surface area contributed by atoms with Gasteiger partial charge in [0.25, 0.3) is 0 Å². The maximum absolute atomic E-state index is 14.2. The Morgan fingerprint density at radius 2 is 1.52 bits per heavy atom. The number of nitrogens with zero attached hydrogens (tertiary/aromatic N) is 2. The molecule has 6 rings (SSSR count). The molecule has 8 nitrogen and oxygen atoms in total. The second kappa shape index (κ2) is 20.4. The number of nitrogens with one attached hydrogen (secondary N) is 1. The Bertz CT molecular complexity index is 2320. The molecule has 1 atom stereocenters. The van der Waals surface area contributed by atoms with Gasteiger partial charge in [0.05, 0.1) is 23.4 Å².